The number of hydrogen-bond donors (Lipinski definition) is 0. The zero-order valence-corrected chi connectivity index (χ0v) is 21.5. The number of anilines is 2. The van der Waals surface area contributed by atoms with Crippen LogP contribution in [0.3, 0.4) is 0 Å². The molecule has 1 heteroatoms. The van der Waals surface area contributed by atoms with Crippen molar-refractivity contribution in [3.8, 4) is 44.5 Å². The van der Waals surface area contributed by atoms with Crippen LogP contribution in [-0.2, 0) is 0 Å². The molecule has 0 saturated carbocycles. The maximum atomic E-state index is 2.32. The molecule has 0 aromatic heterocycles. The zero-order valence-electron chi connectivity index (χ0n) is 21.5. The first-order valence-electron chi connectivity index (χ1n) is 13.0. The third kappa shape index (κ3) is 4.75. The number of benzene rings is 6. The highest BCUT2D eigenvalue weighted by atomic mass is 15.1. The van der Waals surface area contributed by atoms with Crippen LogP contribution in [0, 0.1) is 0 Å². The number of rotatable bonds is 6. The molecule has 6 rings (SSSR count). The van der Waals surface area contributed by atoms with E-state index < -0.39 is 0 Å². The highest BCUT2D eigenvalue weighted by Gasteiger charge is 2.16. The number of nitrogens with zero attached hydrogens (tertiary/aromatic N) is 1. The van der Waals surface area contributed by atoms with Gasteiger partial charge in [-0.05, 0) is 51.6 Å². The van der Waals surface area contributed by atoms with E-state index in [1.165, 1.54) is 55.9 Å². The number of hydrogen-bond acceptors (Lipinski definition) is 1. The van der Waals surface area contributed by atoms with Gasteiger partial charge in [-0.1, -0.05) is 140 Å². The van der Waals surface area contributed by atoms with Crippen LogP contribution in [0.5, 0.6) is 0 Å². The predicted molar refractivity (Wildman–Crippen MR) is 163 cm³/mol. The van der Waals surface area contributed by atoms with E-state index in [0.29, 0.717) is 0 Å². The molecule has 6 aromatic rings. The van der Waals surface area contributed by atoms with Gasteiger partial charge in [-0.15, -0.1) is 0 Å². The molecule has 0 aliphatic carbocycles. The minimum Gasteiger partial charge on any atom is -0.344 e. The van der Waals surface area contributed by atoms with Crippen LogP contribution in [0.4, 0.5) is 11.4 Å². The van der Waals surface area contributed by atoms with Crippen molar-refractivity contribution in [2.24, 2.45) is 0 Å². The van der Waals surface area contributed by atoms with Crippen molar-refractivity contribution in [1.82, 2.24) is 0 Å². The Morgan fingerprint density at radius 2 is 0.711 bits per heavy atom. The van der Waals surface area contributed by atoms with Crippen LogP contribution in [0.2, 0.25) is 0 Å². The van der Waals surface area contributed by atoms with Crippen molar-refractivity contribution >= 4 is 11.4 Å². The molecule has 0 heterocycles. The van der Waals surface area contributed by atoms with E-state index in [1.807, 2.05) is 0 Å². The largest absolute Gasteiger partial charge is 0.344 e. The van der Waals surface area contributed by atoms with E-state index in [0.717, 1.165) is 0 Å². The Balaban J connectivity index is 1.43. The Bertz CT molecular complexity index is 1640. The van der Waals surface area contributed by atoms with Crippen molar-refractivity contribution in [3.63, 3.8) is 0 Å². The summed E-state index contributed by atoms with van der Waals surface area (Å²) in [5.41, 5.74) is 12.1. The Hall–Kier alpha value is -4.88. The standard InChI is InChI=1S/C37H29N/c1-38(36-20-12-11-19-34(36)31-15-7-3-8-16-31)37-26-25-33(27-35(37)32-17-9-4-10-18-32)30-23-21-29(22-24-30)28-13-5-2-6-14-28/h2-27H,1H3. The highest BCUT2D eigenvalue weighted by molar-refractivity contribution is 5.90. The maximum Gasteiger partial charge on any atom is 0.0488 e. The molecule has 0 fully saturated rings. The van der Waals surface area contributed by atoms with Gasteiger partial charge < -0.3 is 4.90 Å². The Kier molecular flexibility index (Phi) is 6.57. The van der Waals surface area contributed by atoms with Gasteiger partial charge in [0.15, 0.2) is 0 Å². The van der Waals surface area contributed by atoms with Gasteiger partial charge in [-0.25, -0.2) is 0 Å². The first kappa shape index (κ1) is 23.5. The topological polar surface area (TPSA) is 3.24 Å². The van der Waals surface area contributed by atoms with Gasteiger partial charge in [0.05, 0.1) is 0 Å². The van der Waals surface area contributed by atoms with E-state index in [9.17, 15) is 0 Å². The lowest BCUT2D eigenvalue weighted by molar-refractivity contribution is 1.21. The van der Waals surface area contributed by atoms with Crippen molar-refractivity contribution in [1.29, 1.82) is 0 Å². The lowest BCUT2D eigenvalue weighted by atomic mass is 9.95. The molecule has 0 aliphatic rings. The van der Waals surface area contributed by atoms with Crippen molar-refractivity contribution < 1.29 is 0 Å². The summed E-state index contributed by atoms with van der Waals surface area (Å²) in [7, 11) is 2.16. The van der Waals surface area contributed by atoms with Gasteiger partial charge in [-0.3, -0.25) is 0 Å². The molecule has 0 amide bonds. The molecule has 0 unspecified atom stereocenters. The number of para-hydroxylation sites is 1. The molecular weight excluding hydrogens is 458 g/mol. The fraction of sp³-hybridized carbons (Fsp3) is 0.0270. The van der Waals surface area contributed by atoms with E-state index in [-0.39, 0.29) is 0 Å². The third-order valence-electron chi connectivity index (χ3n) is 7.12. The SMILES string of the molecule is CN(c1ccccc1-c1ccccc1)c1ccc(-c2ccc(-c3ccccc3)cc2)cc1-c1ccccc1. The quantitative estimate of drug-likeness (QED) is 0.226. The second-order valence-corrected chi connectivity index (χ2v) is 9.48. The minimum atomic E-state index is 1.17. The zero-order chi connectivity index (χ0) is 25.7. The van der Waals surface area contributed by atoms with Crippen LogP contribution in [-0.4, -0.2) is 7.05 Å². The average Bonchev–Trinajstić information content (AvgIpc) is 3.02. The van der Waals surface area contributed by atoms with Crippen molar-refractivity contribution in [2.45, 2.75) is 0 Å². The minimum absolute atomic E-state index is 1.17. The molecular formula is C37H29N. The van der Waals surface area contributed by atoms with Crippen LogP contribution >= 0.6 is 0 Å². The van der Waals surface area contributed by atoms with Gasteiger partial charge in [0.1, 0.15) is 0 Å². The summed E-state index contributed by atoms with van der Waals surface area (Å²) in [4.78, 5) is 2.31. The summed E-state index contributed by atoms with van der Waals surface area (Å²) in [5.74, 6) is 0. The van der Waals surface area contributed by atoms with Gasteiger partial charge in [0.2, 0.25) is 0 Å². The van der Waals surface area contributed by atoms with Crippen LogP contribution in [0.1, 0.15) is 0 Å². The lowest BCUT2D eigenvalue weighted by Crippen LogP contribution is -2.12. The first-order valence-corrected chi connectivity index (χ1v) is 13.0. The molecule has 0 radical (unpaired) electrons. The van der Waals surface area contributed by atoms with Crippen LogP contribution in [0.25, 0.3) is 44.5 Å². The summed E-state index contributed by atoms with van der Waals surface area (Å²) in [6.45, 7) is 0. The molecule has 0 spiro atoms. The monoisotopic (exact) mass is 487 g/mol. The van der Waals surface area contributed by atoms with E-state index in [1.54, 1.807) is 0 Å². The van der Waals surface area contributed by atoms with Gasteiger partial charge in [0, 0.05) is 29.5 Å². The Morgan fingerprint density at radius 1 is 0.316 bits per heavy atom. The fourth-order valence-corrected chi connectivity index (χ4v) is 5.10. The van der Waals surface area contributed by atoms with Crippen molar-refractivity contribution in [3.05, 3.63) is 158 Å². The summed E-state index contributed by atoms with van der Waals surface area (Å²) in [5, 5.41) is 0. The van der Waals surface area contributed by atoms with E-state index in [4.69, 9.17) is 0 Å². The lowest BCUT2D eigenvalue weighted by Gasteiger charge is -2.26. The van der Waals surface area contributed by atoms with Gasteiger partial charge in [-0.2, -0.15) is 0 Å². The molecule has 0 N–H and O–H groups in total. The molecule has 6 aromatic carbocycles. The van der Waals surface area contributed by atoms with E-state index in [2.05, 4.69) is 170 Å². The third-order valence-corrected chi connectivity index (χ3v) is 7.12. The van der Waals surface area contributed by atoms with Gasteiger partial charge >= 0.3 is 0 Å². The van der Waals surface area contributed by atoms with Gasteiger partial charge in [0.25, 0.3) is 0 Å². The summed E-state index contributed by atoms with van der Waals surface area (Å²) >= 11 is 0. The van der Waals surface area contributed by atoms with Crippen molar-refractivity contribution in [2.75, 3.05) is 11.9 Å². The predicted octanol–water partition coefficient (Wildman–Crippen LogP) is 10.1. The normalized spacial score (nSPS) is 10.8. The molecule has 182 valence electrons. The Labute approximate surface area is 225 Å². The van der Waals surface area contributed by atoms with E-state index >= 15 is 0 Å². The molecule has 0 atom stereocenters. The average molecular weight is 488 g/mol. The molecule has 0 saturated heterocycles. The Morgan fingerprint density at radius 3 is 1.32 bits per heavy atom. The second kappa shape index (κ2) is 10.6. The van der Waals surface area contributed by atoms with Crippen LogP contribution < -0.4 is 4.90 Å². The van der Waals surface area contributed by atoms with Crippen LogP contribution in [0.15, 0.2) is 158 Å². The fourth-order valence-electron chi connectivity index (χ4n) is 5.10. The summed E-state index contributed by atoms with van der Waals surface area (Å²) in [6.07, 6.45) is 0. The molecule has 38 heavy (non-hydrogen) atoms. The first-order chi connectivity index (χ1) is 18.8. The molecule has 0 bridgehead atoms. The smallest absolute Gasteiger partial charge is 0.0488 e. The molecule has 1 nitrogen and oxygen atoms in total. The molecule has 0 aliphatic heterocycles. The second-order valence-electron chi connectivity index (χ2n) is 9.48. The summed E-state index contributed by atoms with van der Waals surface area (Å²) < 4.78 is 0. The maximum absolute atomic E-state index is 2.32. The highest BCUT2D eigenvalue weighted by Crippen LogP contribution is 2.40. The summed E-state index contributed by atoms with van der Waals surface area (Å²) in [6, 6.07) is 56.1.